The first-order valence-corrected chi connectivity index (χ1v) is 8.33. The molecule has 0 aliphatic rings. The molecule has 122 valence electrons. The van der Waals surface area contributed by atoms with Crippen molar-refractivity contribution in [2.45, 2.75) is 46.5 Å². The summed E-state index contributed by atoms with van der Waals surface area (Å²) < 4.78 is 5.80. The van der Waals surface area contributed by atoms with Crippen molar-refractivity contribution in [3.8, 4) is 5.75 Å². The van der Waals surface area contributed by atoms with Crippen LogP contribution in [0.15, 0.2) is 42.6 Å². The quantitative estimate of drug-likeness (QED) is 0.528. The van der Waals surface area contributed by atoms with Gasteiger partial charge in [-0.2, -0.15) is 0 Å². The predicted molar refractivity (Wildman–Crippen MR) is 97.2 cm³/mol. The normalized spacial score (nSPS) is 11.4. The maximum atomic E-state index is 5.80. The Morgan fingerprint density at radius 3 is 2.45 bits per heavy atom. The fraction of sp³-hybridized carbons (Fsp3) is 0.500. The van der Waals surface area contributed by atoms with E-state index in [4.69, 9.17) is 4.74 Å². The molecular formula is C20H31NO. The van der Waals surface area contributed by atoms with Crippen molar-refractivity contribution in [2.24, 2.45) is 0 Å². The van der Waals surface area contributed by atoms with Crippen LogP contribution in [0.3, 0.4) is 0 Å². The molecule has 0 N–H and O–H groups in total. The highest BCUT2D eigenvalue weighted by Crippen LogP contribution is 2.18. The van der Waals surface area contributed by atoms with E-state index in [9.17, 15) is 0 Å². The zero-order valence-corrected chi connectivity index (χ0v) is 14.7. The van der Waals surface area contributed by atoms with Crippen LogP contribution in [0.4, 0.5) is 0 Å². The molecule has 0 spiro atoms. The van der Waals surface area contributed by atoms with Crippen molar-refractivity contribution < 1.29 is 4.74 Å². The van der Waals surface area contributed by atoms with Gasteiger partial charge < -0.3 is 9.64 Å². The van der Waals surface area contributed by atoms with E-state index >= 15 is 0 Å². The minimum Gasteiger partial charge on any atom is -0.494 e. The first-order chi connectivity index (χ1) is 10.6. The van der Waals surface area contributed by atoms with Gasteiger partial charge in [0.1, 0.15) is 5.75 Å². The lowest BCUT2D eigenvalue weighted by molar-refractivity contribution is 0.303. The predicted octanol–water partition coefficient (Wildman–Crippen LogP) is 5.51. The minimum absolute atomic E-state index is 0.779. The highest BCUT2D eigenvalue weighted by molar-refractivity contribution is 5.61. The topological polar surface area (TPSA) is 12.5 Å². The molecule has 0 amide bonds. The standard InChI is InChI=1S/C20H31NO/c1-6-15-21(5)19(7-2)10-8-9-16-22-20-13-11-18(12-14-20)17(3)4/h7,11-14H,3,6,8-10,15-16H2,1-2,4-5H3. The Kier molecular flexibility index (Phi) is 8.42. The zero-order chi connectivity index (χ0) is 16.4. The molecule has 0 aromatic heterocycles. The van der Waals surface area contributed by atoms with Crippen LogP contribution in [0.5, 0.6) is 5.75 Å². The van der Waals surface area contributed by atoms with Gasteiger partial charge >= 0.3 is 0 Å². The average Bonchev–Trinajstić information content (AvgIpc) is 2.51. The second-order valence-corrected chi connectivity index (χ2v) is 5.81. The Balaban J connectivity index is 2.26. The number of ether oxygens (including phenoxy) is 1. The van der Waals surface area contributed by atoms with Crippen LogP contribution in [0.25, 0.3) is 5.57 Å². The molecule has 0 aliphatic carbocycles. The number of hydrogen-bond donors (Lipinski definition) is 0. The van der Waals surface area contributed by atoms with E-state index in [1.54, 1.807) is 0 Å². The smallest absolute Gasteiger partial charge is 0.119 e. The fourth-order valence-corrected chi connectivity index (χ4v) is 2.47. The molecule has 0 saturated heterocycles. The molecule has 2 nitrogen and oxygen atoms in total. The van der Waals surface area contributed by atoms with Crippen molar-refractivity contribution in [1.29, 1.82) is 0 Å². The number of hydrogen-bond acceptors (Lipinski definition) is 2. The molecule has 1 aromatic carbocycles. The second kappa shape index (κ2) is 10.1. The molecule has 22 heavy (non-hydrogen) atoms. The molecule has 1 rings (SSSR count). The van der Waals surface area contributed by atoms with Crippen LogP contribution in [-0.4, -0.2) is 25.1 Å². The Labute approximate surface area is 136 Å². The number of benzene rings is 1. The minimum atomic E-state index is 0.779. The third kappa shape index (κ3) is 6.38. The molecule has 2 heteroatoms. The van der Waals surface area contributed by atoms with Gasteiger partial charge in [-0.05, 0) is 57.2 Å². The maximum Gasteiger partial charge on any atom is 0.119 e. The second-order valence-electron chi connectivity index (χ2n) is 5.81. The lowest BCUT2D eigenvalue weighted by Gasteiger charge is -2.22. The van der Waals surface area contributed by atoms with Gasteiger partial charge in [0.15, 0.2) is 0 Å². The summed E-state index contributed by atoms with van der Waals surface area (Å²) in [5.41, 5.74) is 3.69. The van der Waals surface area contributed by atoms with Gasteiger partial charge in [0.2, 0.25) is 0 Å². The van der Waals surface area contributed by atoms with Gasteiger partial charge in [-0.25, -0.2) is 0 Å². The van der Waals surface area contributed by atoms with Gasteiger partial charge in [0, 0.05) is 19.3 Å². The third-order valence-corrected chi connectivity index (χ3v) is 3.83. The van der Waals surface area contributed by atoms with Gasteiger partial charge in [0.25, 0.3) is 0 Å². The SMILES string of the molecule is C=C(C)c1ccc(OCCCCC(=CC)N(C)CCC)cc1. The van der Waals surface area contributed by atoms with Crippen LogP contribution in [-0.2, 0) is 0 Å². The number of unbranched alkanes of at least 4 members (excludes halogenated alkanes) is 1. The first-order valence-electron chi connectivity index (χ1n) is 8.33. The van der Waals surface area contributed by atoms with Crippen LogP contribution >= 0.6 is 0 Å². The zero-order valence-electron chi connectivity index (χ0n) is 14.7. The highest BCUT2D eigenvalue weighted by atomic mass is 16.5. The Morgan fingerprint density at radius 1 is 1.23 bits per heavy atom. The Morgan fingerprint density at radius 2 is 1.91 bits per heavy atom. The summed E-state index contributed by atoms with van der Waals surface area (Å²) in [6.07, 6.45) is 6.80. The molecule has 0 radical (unpaired) electrons. The van der Waals surface area contributed by atoms with Gasteiger partial charge in [0.05, 0.1) is 6.61 Å². The lowest BCUT2D eigenvalue weighted by atomic mass is 10.1. The summed E-state index contributed by atoms with van der Waals surface area (Å²) in [6, 6.07) is 8.18. The summed E-state index contributed by atoms with van der Waals surface area (Å²) >= 11 is 0. The molecule has 0 aliphatic heterocycles. The van der Waals surface area contributed by atoms with Gasteiger partial charge in [-0.3, -0.25) is 0 Å². The molecule has 0 atom stereocenters. The van der Waals surface area contributed by atoms with Gasteiger partial charge in [-0.1, -0.05) is 37.3 Å². The molecular weight excluding hydrogens is 270 g/mol. The molecule has 1 aromatic rings. The Bertz CT molecular complexity index is 473. The largest absolute Gasteiger partial charge is 0.494 e. The van der Waals surface area contributed by atoms with E-state index in [1.165, 1.54) is 17.7 Å². The molecule has 0 fully saturated rings. The summed E-state index contributed by atoms with van der Waals surface area (Å²) in [6.45, 7) is 12.2. The van der Waals surface area contributed by atoms with E-state index in [1.807, 2.05) is 19.1 Å². The first kappa shape index (κ1) is 18.3. The van der Waals surface area contributed by atoms with Crippen molar-refractivity contribution in [2.75, 3.05) is 20.2 Å². The number of allylic oxidation sites excluding steroid dienone is 3. The molecule has 0 heterocycles. The molecule has 0 unspecified atom stereocenters. The summed E-state index contributed by atoms with van der Waals surface area (Å²) in [7, 11) is 2.18. The lowest BCUT2D eigenvalue weighted by Crippen LogP contribution is -2.18. The van der Waals surface area contributed by atoms with E-state index in [2.05, 4.69) is 50.6 Å². The number of nitrogens with zero attached hydrogens (tertiary/aromatic N) is 1. The van der Waals surface area contributed by atoms with Gasteiger partial charge in [-0.15, -0.1) is 0 Å². The van der Waals surface area contributed by atoms with Crippen LogP contribution < -0.4 is 4.74 Å². The fourth-order valence-electron chi connectivity index (χ4n) is 2.47. The highest BCUT2D eigenvalue weighted by Gasteiger charge is 2.02. The summed E-state index contributed by atoms with van der Waals surface area (Å²) in [4.78, 5) is 2.36. The molecule has 0 saturated carbocycles. The third-order valence-electron chi connectivity index (χ3n) is 3.83. The van der Waals surface area contributed by atoms with Crippen molar-refractivity contribution in [3.63, 3.8) is 0 Å². The van der Waals surface area contributed by atoms with Crippen LogP contribution in [0, 0.1) is 0 Å². The van der Waals surface area contributed by atoms with Crippen LogP contribution in [0.1, 0.15) is 52.0 Å². The van der Waals surface area contributed by atoms with E-state index in [0.29, 0.717) is 0 Å². The molecule has 0 bridgehead atoms. The summed E-state index contributed by atoms with van der Waals surface area (Å²) in [5, 5.41) is 0. The van der Waals surface area contributed by atoms with Crippen LogP contribution in [0.2, 0.25) is 0 Å². The Hall–Kier alpha value is -1.70. The van der Waals surface area contributed by atoms with Crippen molar-refractivity contribution in [1.82, 2.24) is 4.90 Å². The summed E-state index contributed by atoms with van der Waals surface area (Å²) in [5.74, 6) is 0.944. The monoisotopic (exact) mass is 301 g/mol. The number of rotatable bonds is 10. The van der Waals surface area contributed by atoms with Crippen molar-refractivity contribution >= 4 is 5.57 Å². The van der Waals surface area contributed by atoms with E-state index < -0.39 is 0 Å². The maximum absolute atomic E-state index is 5.80. The average molecular weight is 301 g/mol. The van der Waals surface area contributed by atoms with E-state index in [-0.39, 0.29) is 0 Å². The van der Waals surface area contributed by atoms with E-state index in [0.717, 1.165) is 43.7 Å². The van der Waals surface area contributed by atoms with Crippen molar-refractivity contribution in [3.05, 3.63) is 48.2 Å².